The van der Waals surface area contributed by atoms with Crippen molar-refractivity contribution in [1.82, 2.24) is 9.55 Å². The van der Waals surface area contributed by atoms with Crippen LogP contribution in [0.4, 0.5) is 0 Å². The predicted octanol–water partition coefficient (Wildman–Crippen LogP) is 8.24. The van der Waals surface area contributed by atoms with E-state index in [1.54, 1.807) is 0 Å². The van der Waals surface area contributed by atoms with Crippen LogP contribution in [0.1, 0.15) is 0 Å². The first-order chi connectivity index (χ1) is 16.9. The normalized spacial score (nSPS) is 12.1. The van der Waals surface area contributed by atoms with Crippen molar-refractivity contribution in [2.45, 2.75) is 0 Å². The van der Waals surface area contributed by atoms with Gasteiger partial charge in [0.05, 0.1) is 22.3 Å². The van der Waals surface area contributed by atoms with E-state index in [0.717, 1.165) is 50.0 Å². The highest BCUT2D eigenvalue weighted by Crippen LogP contribution is 2.46. The van der Waals surface area contributed by atoms with Gasteiger partial charge in [0.25, 0.3) is 0 Å². The monoisotopic (exact) mass is 434 g/mol. The fourth-order valence-electron chi connectivity index (χ4n) is 5.53. The summed E-state index contributed by atoms with van der Waals surface area (Å²) in [6.45, 7) is 0. The Kier molecular flexibility index (Phi) is 3.39. The molecule has 7 aromatic rings. The molecule has 1 aliphatic heterocycles. The summed E-state index contributed by atoms with van der Waals surface area (Å²) < 4.78 is 8.73. The van der Waals surface area contributed by atoms with Crippen molar-refractivity contribution in [1.29, 1.82) is 0 Å². The third-order valence-electron chi connectivity index (χ3n) is 6.97. The molecule has 0 bridgehead atoms. The molecule has 0 radical (unpaired) electrons. The molecule has 0 aliphatic carbocycles. The molecule has 2 aromatic heterocycles. The fourth-order valence-corrected chi connectivity index (χ4v) is 5.53. The molecule has 1 aliphatic rings. The zero-order valence-corrected chi connectivity index (χ0v) is 18.2. The number of nitrogens with zero attached hydrogens (tertiary/aromatic N) is 2. The van der Waals surface area contributed by atoms with Gasteiger partial charge in [-0.15, -0.1) is 0 Å². The highest BCUT2D eigenvalue weighted by atomic mass is 16.3. The largest absolute Gasteiger partial charge is 0.455 e. The quantitative estimate of drug-likeness (QED) is 0.260. The third kappa shape index (κ3) is 2.23. The summed E-state index contributed by atoms with van der Waals surface area (Å²) >= 11 is 0. The van der Waals surface area contributed by atoms with Crippen molar-refractivity contribution in [3.63, 3.8) is 0 Å². The van der Waals surface area contributed by atoms with E-state index in [2.05, 4.69) is 102 Å². The average molecular weight is 434 g/mol. The Labute approximate surface area is 195 Å². The van der Waals surface area contributed by atoms with Crippen molar-refractivity contribution < 1.29 is 4.42 Å². The molecule has 0 atom stereocenters. The van der Waals surface area contributed by atoms with Gasteiger partial charge in [0, 0.05) is 21.9 Å². The summed E-state index contributed by atoms with van der Waals surface area (Å²) in [7, 11) is 0. The second-order valence-corrected chi connectivity index (χ2v) is 8.79. The first-order valence-electron chi connectivity index (χ1n) is 11.5. The van der Waals surface area contributed by atoms with E-state index in [9.17, 15) is 0 Å². The van der Waals surface area contributed by atoms with Gasteiger partial charge in [0.1, 0.15) is 17.0 Å². The minimum absolute atomic E-state index is 0.871. The Morgan fingerprint density at radius 2 is 1.18 bits per heavy atom. The van der Waals surface area contributed by atoms with Crippen LogP contribution in [0.15, 0.2) is 114 Å². The van der Waals surface area contributed by atoms with Gasteiger partial charge < -0.3 is 4.42 Å². The van der Waals surface area contributed by atoms with Crippen LogP contribution in [0.3, 0.4) is 0 Å². The Morgan fingerprint density at radius 3 is 2.09 bits per heavy atom. The lowest BCUT2D eigenvalue weighted by Gasteiger charge is -2.13. The maximum atomic E-state index is 6.41. The molecular weight excluding hydrogens is 416 g/mol. The summed E-state index contributed by atoms with van der Waals surface area (Å²) in [6, 6.07) is 38.3. The van der Waals surface area contributed by atoms with E-state index < -0.39 is 0 Å². The Hall–Kier alpha value is -4.63. The Morgan fingerprint density at radius 1 is 0.529 bits per heavy atom. The van der Waals surface area contributed by atoms with Crippen LogP contribution in [-0.2, 0) is 0 Å². The second-order valence-electron chi connectivity index (χ2n) is 8.79. The number of imidazole rings is 1. The number of furan rings is 1. The topological polar surface area (TPSA) is 31.0 Å². The van der Waals surface area contributed by atoms with Crippen LogP contribution in [0.2, 0.25) is 0 Å². The van der Waals surface area contributed by atoms with E-state index >= 15 is 0 Å². The van der Waals surface area contributed by atoms with Gasteiger partial charge in [-0.3, -0.25) is 4.57 Å². The number of hydrogen-bond acceptors (Lipinski definition) is 2. The molecule has 0 saturated carbocycles. The van der Waals surface area contributed by atoms with Gasteiger partial charge in [0.15, 0.2) is 0 Å². The van der Waals surface area contributed by atoms with Gasteiger partial charge in [0.2, 0.25) is 0 Å². The van der Waals surface area contributed by atoms with Crippen molar-refractivity contribution in [3.8, 4) is 39.3 Å². The molecule has 158 valence electrons. The fraction of sp³-hybridized carbons (Fsp3) is 0. The van der Waals surface area contributed by atoms with E-state index in [0.29, 0.717) is 0 Å². The highest BCUT2D eigenvalue weighted by molar-refractivity contribution is 6.10. The Balaban J connectivity index is 1.57. The summed E-state index contributed by atoms with van der Waals surface area (Å²) in [5.41, 5.74) is 10.9. The molecule has 8 rings (SSSR count). The van der Waals surface area contributed by atoms with Crippen LogP contribution in [0.5, 0.6) is 0 Å². The van der Waals surface area contributed by atoms with Crippen molar-refractivity contribution in [2.24, 2.45) is 0 Å². The lowest BCUT2D eigenvalue weighted by Crippen LogP contribution is -1.99. The second kappa shape index (κ2) is 6.46. The molecule has 0 fully saturated rings. The standard InChI is InChI=1S/C31H18N2O/c1-2-10-20-19(9-1)21-11-3-5-17-27(21)33-29-23(20)13-8-16-26(29)32-31(33)25-15-7-14-24-22-12-4-6-18-28(22)34-30(24)25/h1-18H. The van der Waals surface area contributed by atoms with Gasteiger partial charge in [-0.2, -0.15) is 0 Å². The number of para-hydroxylation sites is 4. The number of aromatic nitrogens is 2. The molecule has 3 heteroatoms. The first-order valence-corrected chi connectivity index (χ1v) is 11.5. The molecule has 3 nitrogen and oxygen atoms in total. The van der Waals surface area contributed by atoms with E-state index in [-0.39, 0.29) is 0 Å². The van der Waals surface area contributed by atoms with Crippen molar-refractivity contribution >= 4 is 33.0 Å². The summed E-state index contributed by atoms with van der Waals surface area (Å²) in [6.07, 6.45) is 0. The smallest absolute Gasteiger partial charge is 0.149 e. The summed E-state index contributed by atoms with van der Waals surface area (Å²) in [5, 5.41) is 2.23. The lowest BCUT2D eigenvalue weighted by atomic mass is 9.94. The molecule has 0 unspecified atom stereocenters. The summed E-state index contributed by atoms with van der Waals surface area (Å²) in [5.74, 6) is 0.896. The van der Waals surface area contributed by atoms with Crippen LogP contribution < -0.4 is 0 Å². The van der Waals surface area contributed by atoms with E-state index in [1.807, 2.05) is 12.1 Å². The first kappa shape index (κ1) is 17.9. The maximum absolute atomic E-state index is 6.41. The molecule has 0 N–H and O–H groups in total. The molecule has 0 spiro atoms. The minimum atomic E-state index is 0.871. The van der Waals surface area contributed by atoms with Gasteiger partial charge in [-0.1, -0.05) is 84.9 Å². The number of fused-ring (bicyclic) bond motifs is 8. The molecule has 0 amide bonds. The minimum Gasteiger partial charge on any atom is -0.455 e. The van der Waals surface area contributed by atoms with Crippen LogP contribution >= 0.6 is 0 Å². The lowest BCUT2D eigenvalue weighted by molar-refractivity contribution is 0.669. The molecular formula is C31H18N2O. The zero-order valence-electron chi connectivity index (χ0n) is 18.2. The zero-order chi connectivity index (χ0) is 22.2. The van der Waals surface area contributed by atoms with Gasteiger partial charge in [-0.25, -0.2) is 4.98 Å². The van der Waals surface area contributed by atoms with E-state index in [4.69, 9.17) is 9.40 Å². The Bertz CT molecular complexity index is 1920. The predicted molar refractivity (Wildman–Crippen MR) is 138 cm³/mol. The van der Waals surface area contributed by atoms with E-state index in [1.165, 1.54) is 22.3 Å². The average Bonchev–Trinajstić information content (AvgIpc) is 3.44. The molecule has 3 heterocycles. The number of rotatable bonds is 1. The van der Waals surface area contributed by atoms with Gasteiger partial charge >= 0.3 is 0 Å². The SMILES string of the molecule is c1ccc2c(c1)-c1ccccc1-n1c(-c3cccc4c3oc3ccccc34)nc3cccc-2c31. The van der Waals surface area contributed by atoms with Crippen molar-refractivity contribution in [2.75, 3.05) is 0 Å². The van der Waals surface area contributed by atoms with Gasteiger partial charge in [-0.05, 0) is 35.4 Å². The van der Waals surface area contributed by atoms with Crippen LogP contribution in [-0.4, -0.2) is 9.55 Å². The van der Waals surface area contributed by atoms with Crippen LogP contribution in [0, 0.1) is 0 Å². The number of benzene rings is 5. The molecule has 34 heavy (non-hydrogen) atoms. The highest BCUT2D eigenvalue weighted by Gasteiger charge is 2.26. The number of hydrogen-bond donors (Lipinski definition) is 0. The summed E-state index contributed by atoms with van der Waals surface area (Å²) in [4.78, 5) is 5.19. The van der Waals surface area contributed by atoms with Crippen LogP contribution in [0.25, 0.3) is 72.3 Å². The third-order valence-corrected chi connectivity index (χ3v) is 6.97. The van der Waals surface area contributed by atoms with Crippen molar-refractivity contribution in [3.05, 3.63) is 109 Å². The molecule has 0 saturated heterocycles. The maximum Gasteiger partial charge on any atom is 0.149 e. The molecule has 5 aromatic carbocycles.